The van der Waals surface area contributed by atoms with Crippen LogP contribution >= 0.6 is 12.4 Å². The van der Waals surface area contributed by atoms with E-state index in [-0.39, 0.29) is 29.7 Å². The van der Waals surface area contributed by atoms with Gasteiger partial charge in [-0.3, -0.25) is 4.90 Å². The Bertz CT molecular complexity index is 456. The van der Waals surface area contributed by atoms with E-state index in [9.17, 15) is 4.39 Å². The molecule has 0 radical (unpaired) electrons. The summed E-state index contributed by atoms with van der Waals surface area (Å²) in [4.78, 5) is 2.42. The maximum Gasteiger partial charge on any atom is 0.165 e. The molecular formula is C16H26ClFN2O. The van der Waals surface area contributed by atoms with E-state index in [1.807, 2.05) is 6.07 Å². The molecule has 1 aromatic carbocycles. The van der Waals surface area contributed by atoms with Crippen LogP contribution in [-0.2, 0) is 0 Å². The van der Waals surface area contributed by atoms with Gasteiger partial charge in [0.2, 0.25) is 0 Å². The number of hydrogen-bond acceptors (Lipinski definition) is 3. The van der Waals surface area contributed by atoms with Crippen molar-refractivity contribution in [3.63, 3.8) is 0 Å². The fourth-order valence-electron chi connectivity index (χ4n) is 3.11. The molecule has 2 rings (SSSR count). The summed E-state index contributed by atoms with van der Waals surface area (Å²) in [6, 6.07) is 5.36. The highest BCUT2D eigenvalue weighted by Crippen LogP contribution is 2.42. The highest BCUT2D eigenvalue weighted by Gasteiger charge is 2.35. The molecule has 0 aromatic heterocycles. The zero-order valence-electron chi connectivity index (χ0n) is 13.3. The number of ether oxygens (including phenoxy) is 1. The number of piperazine rings is 1. The molecule has 1 heterocycles. The number of rotatable bonds is 3. The normalized spacial score (nSPS) is 18.0. The summed E-state index contributed by atoms with van der Waals surface area (Å²) in [7, 11) is 1.54. The first-order valence-electron chi connectivity index (χ1n) is 7.22. The summed E-state index contributed by atoms with van der Waals surface area (Å²) in [5.41, 5.74) is 0.959. The molecule has 0 unspecified atom stereocenters. The lowest BCUT2D eigenvalue weighted by molar-refractivity contribution is 0.0837. The summed E-state index contributed by atoms with van der Waals surface area (Å²) in [5.74, 6) is 0.0975. The monoisotopic (exact) mass is 316 g/mol. The van der Waals surface area contributed by atoms with Crippen LogP contribution in [0.25, 0.3) is 0 Å². The van der Waals surface area contributed by atoms with Crippen molar-refractivity contribution >= 4 is 12.4 Å². The van der Waals surface area contributed by atoms with Crippen LogP contribution in [0.2, 0.25) is 0 Å². The third-order valence-corrected chi connectivity index (χ3v) is 3.83. The van der Waals surface area contributed by atoms with E-state index in [0.717, 1.165) is 31.7 Å². The maximum atomic E-state index is 14.0. The molecule has 5 heteroatoms. The Kier molecular flexibility index (Phi) is 6.44. The number of methoxy groups -OCH3 is 1. The van der Waals surface area contributed by atoms with Crippen LogP contribution in [0.1, 0.15) is 32.4 Å². The molecule has 0 saturated carbocycles. The van der Waals surface area contributed by atoms with Crippen LogP contribution in [0.15, 0.2) is 18.2 Å². The number of nitrogens with one attached hydrogen (secondary N) is 1. The van der Waals surface area contributed by atoms with Gasteiger partial charge < -0.3 is 10.1 Å². The zero-order chi connectivity index (χ0) is 14.8. The minimum absolute atomic E-state index is 0. The van der Waals surface area contributed by atoms with Crippen LogP contribution in [0.5, 0.6) is 5.75 Å². The van der Waals surface area contributed by atoms with Gasteiger partial charge in [-0.15, -0.1) is 12.4 Å². The molecule has 1 N–H and O–H groups in total. The molecule has 0 aliphatic carbocycles. The summed E-state index contributed by atoms with van der Waals surface area (Å²) >= 11 is 0. The van der Waals surface area contributed by atoms with Crippen molar-refractivity contribution in [1.29, 1.82) is 0 Å². The molecule has 0 bridgehead atoms. The highest BCUT2D eigenvalue weighted by molar-refractivity contribution is 5.85. The molecule has 1 aliphatic heterocycles. The van der Waals surface area contributed by atoms with Gasteiger partial charge in [-0.25, -0.2) is 4.39 Å². The first-order valence-corrected chi connectivity index (χ1v) is 7.22. The summed E-state index contributed by atoms with van der Waals surface area (Å²) in [5, 5.41) is 3.37. The lowest BCUT2D eigenvalue weighted by atomic mass is 9.80. The van der Waals surface area contributed by atoms with Crippen molar-refractivity contribution in [1.82, 2.24) is 10.2 Å². The highest BCUT2D eigenvalue weighted by atomic mass is 35.5. The SMILES string of the molecule is COc1c(F)cccc1[C@@H](N1CCNCC1)C(C)(C)C.Cl. The molecule has 1 aromatic rings. The lowest BCUT2D eigenvalue weighted by Gasteiger charge is -2.43. The Morgan fingerprint density at radius 3 is 2.38 bits per heavy atom. The molecule has 0 spiro atoms. The zero-order valence-corrected chi connectivity index (χ0v) is 14.1. The number of halogens is 2. The van der Waals surface area contributed by atoms with Gasteiger partial charge in [0.05, 0.1) is 7.11 Å². The molecule has 0 amide bonds. The van der Waals surface area contributed by atoms with E-state index >= 15 is 0 Å². The van der Waals surface area contributed by atoms with Crippen LogP contribution < -0.4 is 10.1 Å². The van der Waals surface area contributed by atoms with Gasteiger partial charge in [-0.2, -0.15) is 0 Å². The van der Waals surface area contributed by atoms with Gasteiger partial charge in [0.25, 0.3) is 0 Å². The van der Waals surface area contributed by atoms with Crippen LogP contribution in [0, 0.1) is 11.2 Å². The quantitative estimate of drug-likeness (QED) is 0.926. The van der Waals surface area contributed by atoms with Gasteiger partial charge in [-0.05, 0) is 11.5 Å². The van der Waals surface area contributed by atoms with Crippen molar-refractivity contribution in [2.75, 3.05) is 33.3 Å². The van der Waals surface area contributed by atoms with Crippen molar-refractivity contribution in [2.45, 2.75) is 26.8 Å². The molecular weight excluding hydrogens is 291 g/mol. The number of nitrogens with zero attached hydrogens (tertiary/aromatic N) is 1. The third-order valence-electron chi connectivity index (χ3n) is 3.83. The summed E-state index contributed by atoms with van der Waals surface area (Å²) in [6.45, 7) is 10.5. The first kappa shape index (κ1) is 18.2. The van der Waals surface area contributed by atoms with Crippen molar-refractivity contribution in [3.05, 3.63) is 29.6 Å². The smallest absolute Gasteiger partial charge is 0.165 e. The van der Waals surface area contributed by atoms with Crippen LogP contribution in [0.4, 0.5) is 4.39 Å². The Labute approximate surface area is 133 Å². The second kappa shape index (κ2) is 7.43. The fourth-order valence-corrected chi connectivity index (χ4v) is 3.11. The molecule has 120 valence electrons. The maximum absolute atomic E-state index is 14.0. The van der Waals surface area contributed by atoms with E-state index in [1.165, 1.54) is 6.07 Å². The molecule has 1 atom stereocenters. The Morgan fingerprint density at radius 2 is 1.86 bits per heavy atom. The van der Waals surface area contributed by atoms with E-state index in [1.54, 1.807) is 13.2 Å². The summed E-state index contributed by atoms with van der Waals surface area (Å²) in [6.07, 6.45) is 0. The minimum Gasteiger partial charge on any atom is -0.493 e. The number of para-hydroxylation sites is 1. The molecule has 1 aliphatic rings. The second-order valence-electron chi connectivity index (χ2n) is 6.42. The number of hydrogen-bond donors (Lipinski definition) is 1. The van der Waals surface area contributed by atoms with Gasteiger partial charge in [0.1, 0.15) is 0 Å². The van der Waals surface area contributed by atoms with Crippen molar-refractivity contribution < 1.29 is 9.13 Å². The van der Waals surface area contributed by atoms with E-state index < -0.39 is 0 Å². The predicted molar refractivity (Wildman–Crippen MR) is 86.8 cm³/mol. The molecule has 21 heavy (non-hydrogen) atoms. The standard InChI is InChI=1S/C16H25FN2O.ClH/c1-16(2,3)15(19-10-8-18-9-11-19)12-6-5-7-13(17)14(12)20-4;/h5-7,15,18H,8-11H2,1-4H3;1H/t15-;/m1./s1. The van der Waals surface area contributed by atoms with Crippen LogP contribution in [-0.4, -0.2) is 38.2 Å². The molecule has 1 fully saturated rings. The van der Waals surface area contributed by atoms with Crippen molar-refractivity contribution in [3.8, 4) is 5.75 Å². The van der Waals surface area contributed by atoms with Crippen molar-refractivity contribution in [2.24, 2.45) is 5.41 Å². The summed E-state index contributed by atoms with van der Waals surface area (Å²) < 4.78 is 19.3. The average Bonchev–Trinajstić information content (AvgIpc) is 2.39. The first-order chi connectivity index (χ1) is 9.45. The van der Waals surface area contributed by atoms with Crippen LogP contribution in [0.3, 0.4) is 0 Å². The topological polar surface area (TPSA) is 24.5 Å². The van der Waals surface area contributed by atoms with E-state index in [2.05, 4.69) is 31.0 Å². The number of benzene rings is 1. The lowest BCUT2D eigenvalue weighted by Crippen LogP contribution is -2.48. The molecule has 3 nitrogen and oxygen atoms in total. The van der Waals surface area contributed by atoms with Gasteiger partial charge >= 0.3 is 0 Å². The van der Waals surface area contributed by atoms with E-state index in [0.29, 0.717) is 5.75 Å². The third kappa shape index (κ3) is 4.09. The average molecular weight is 317 g/mol. The minimum atomic E-state index is -0.283. The van der Waals surface area contributed by atoms with E-state index in [4.69, 9.17) is 4.74 Å². The Hall–Kier alpha value is -0.840. The van der Waals surface area contributed by atoms with Gasteiger partial charge in [0.15, 0.2) is 11.6 Å². The fraction of sp³-hybridized carbons (Fsp3) is 0.625. The second-order valence-corrected chi connectivity index (χ2v) is 6.42. The predicted octanol–water partition coefficient (Wildman–Crippen LogP) is 3.25. The van der Waals surface area contributed by atoms with Gasteiger partial charge in [-0.1, -0.05) is 32.9 Å². The Balaban J connectivity index is 0.00000220. The van der Waals surface area contributed by atoms with Gasteiger partial charge in [0, 0.05) is 37.8 Å². The Morgan fingerprint density at radius 1 is 1.24 bits per heavy atom. The largest absolute Gasteiger partial charge is 0.493 e. The molecule has 1 saturated heterocycles.